The van der Waals surface area contributed by atoms with E-state index in [2.05, 4.69) is 20.9 Å². The molecule has 0 aliphatic rings. The zero-order chi connectivity index (χ0) is 14.3. The molecule has 1 aromatic rings. The second kappa shape index (κ2) is 7.52. The first-order valence-electron chi connectivity index (χ1n) is 6.11. The Labute approximate surface area is 115 Å². The number of nitrogens with zero attached hydrogens (tertiary/aromatic N) is 1. The van der Waals surface area contributed by atoms with Gasteiger partial charge in [-0.2, -0.15) is 0 Å². The third kappa shape index (κ3) is 3.81. The number of hydrogen-bond acceptors (Lipinski definition) is 3. The normalized spacial score (nSPS) is 9.89. The molecular formula is C14H23NO2Sn. The molecule has 0 radical (unpaired) electrons. The summed E-state index contributed by atoms with van der Waals surface area (Å²) < 4.78 is 11.8. The Balaban J connectivity index is 0.00000137. The van der Waals surface area contributed by atoms with Crippen molar-refractivity contribution < 1.29 is 9.47 Å². The summed E-state index contributed by atoms with van der Waals surface area (Å²) in [4.78, 5) is 6.88. The molecule has 0 atom stereocenters. The van der Waals surface area contributed by atoms with E-state index in [-0.39, 0.29) is 0 Å². The zero-order valence-corrected chi connectivity index (χ0v) is 15.3. The molecule has 1 aromatic carbocycles. The van der Waals surface area contributed by atoms with Crippen molar-refractivity contribution in [2.24, 2.45) is 0 Å². The average molecular weight is 356 g/mol. The van der Waals surface area contributed by atoms with E-state index in [1.54, 1.807) is 14.2 Å². The van der Waals surface area contributed by atoms with Gasteiger partial charge in [0.15, 0.2) is 0 Å². The number of ether oxygens (including phenoxy) is 2. The minimum atomic E-state index is -2.26. The number of hydrogen-bond donors (Lipinski definition) is 0. The van der Waals surface area contributed by atoms with Gasteiger partial charge in [-0.3, -0.25) is 0 Å². The molecule has 0 spiro atoms. The third-order valence-corrected chi connectivity index (χ3v) is 8.20. The number of benzene rings is 1. The van der Waals surface area contributed by atoms with Gasteiger partial charge >= 0.3 is 101 Å². The van der Waals surface area contributed by atoms with Crippen molar-refractivity contribution in [2.75, 3.05) is 14.2 Å². The topological polar surface area (TPSA) is 42.2 Å². The molecular weight excluding hydrogens is 333 g/mol. The molecule has 1 rings (SSSR count). The van der Waals surface area contributed by atoms with Crippen molar-refractivity contribution in [3.8, 4) is 17.6 Å². The molecule has 18 heavy (non-hydrogen) atoms. The molecule has 3 nitrogen and oxygen atoms in total. The van der Waals surface area contributed by atoms with E-state index < -0.39 is 18.4 Å². The molecule has 0 bridgehead atoms. The van der Waals surface area contributed by atoms with Gasteiger partial charge in [0.25, 0.3) is 0 Å². The van der Waals surface area contributed by atoms with Crippen LogP contribution < -0.4 is 13.1 Å². The molecule has 0 saturated carbocycles. The molecule has 0 aromatic heterocycles. The standard InChI is InChI=1S/C9H8NO2.C2H6.3CH3.Sn/c1-11-8-4-3-5-9(12-2)7(8)6-10;1-2;;;;/h3-4H,1-2H3;1-2H3;3*1H3;. The maximum atomic E-state index is 9.16. The Bertz CT molecular complexity index is 431. The zero-order valence-electron chi connectivity index (χ0n) is 12.4. The van der Waals surface area contributed by atoms with Gasteiger partial charge in [-0.15, -0.1) is 0 Å². The molecule has 0 amide bonds. The summed E-state index contributed by atoms with van der Waals surface area (Å²) in [6, 6.07) is 6.06. The van der Waals surface area contributed by atoms with Crippen molar-refractivity contribution >= 4 is 22.0 Å². The predicted octanol–water partition coefficient (Wildman–Crippen LogP) is 3.15. The van der Waals surface area contributed by atoms with Crippen LogP contribution in [0.2, 0.25) is 14.8 Å². The van der Waals surface area contributed by atoms with Crippen LogP contribution in [0.1, 0.15) is 19.4 Å². The van der Waals surface area contributed by atoms with Crippen LogP contribution in [0.25, 0.3) is 0 Å². The summed E-state index contributed by atoms with van der Waals surface area (Å²) in [5.74, 6) is 1.28. The van der Waals surface area contributed by atoms with E-state index in [9.17, 15) is 0 Å². The molecule has 4 heteroatoms. The second-order valence-electron chi connectivity index (χ2n) is 4.59. The summed E-state index contributed by atoms with van der Waals surface area (Å²) in [6.45, 7) is 4.00. The quantitative estimate of drug-likeness (QED) is 0.782. The van der Waals surface area contributed by atoms with E-state index in [0.29, 0.717) is 17.1 Å². The van der Waals surface area contributed by atoms with Crippen molar-refractivity contribution in [1.29, 1.82) is 5.26 Å². The molecule has 0 unspecified atom stereocenters. The van der Waals surface area contributed by atoms with E-state index in [0.717, 1.165) is 0 Å². The number of methoxy groups -OCH3 is 2. The van der Waals surface area contributed by atoms with Crippen LogP contribution in [0, 0.1) is 11.3 Å². The van der Waals surface area contributed by atoms with Gasteiger partial charge in [-0.1, -0.05) is 13.8 Å². The van der Waals surface area contributed by atoms with Crippen LogP contribution in [-0.2, 0) is 0 Å². The second-order valence-corrected chi connectivity index (χ2v) is 19.0. The van der Waals surface area contributed by atoms with Gasteiger partial charge in [0.05, 0.1) is 0 Å². The van der Waals surface area contributed by atoms with Crippen LogP contribution in [-0.4, -0.2) is 32.6 Å². The first kappa shape index (κ1) is 17.1. The summed E-state index contributed by atoms with van der Waals surface area (Å²) in [7, 11) is 3.17. The Hall–Kier alpha value is -0.891. The van der Waals surface area contributed by atoms with Crippen molar-refractivity contribution in [1.82, 2.24) is 0 Å². The van der Waals surface area contributed by atoms with Gasteiger partial charge in [-0.05, 0) is 0 Å². The summed E-state index contributed by atoms with van der Waals surface area (Å²) >= 11 is -2.26. The maximum absolute atomic E-state index is 9.16. The predicted molar refractivity (Wildman–Crippen MR) is 78.6 cm³/mol. The van der Waals surface area contributed by atoms with Crippen LogP contribution in [0.3, 0.4) is 0 Å². The monoisotopic (exact) mass is 357 g/mol. The fourth-order valence-corrected chi connectivity index (χ4v) is 5.90. The summed E-state index contributed by atoms with van der Waals surface area (Å²) in [6.07, 6.45) is 0. The first-order valence-corrected chi connectivity index (χ1v) is 16.1. The van der Waals surface area contributed by atoms with Crippen molar-refractivity contribution in [2.45, 2.75) is 28.7 Å². The van der Waals surface area contributed by atoms with E-state index in [1.807, 2.05) is 26.0 Å². The van der Waals surface area contributed by atoms with E-state index >= 15 is 0 Å². The third-order valence-electron chi connectivity index (χ3n) is 2.46. The average Bonchev–Trinajstić information content (AvgIpc) is 2.37. The Kier molecular flexibility index (Phi) is 7.15. The fraction of sp³-hybridized carbons (Fsp3) is 0.500. The SMILES string of the molecule is CC.COc1cc[c]([Sn]([CH3])([CH3])[CH3])c(OC)c1C#N. The van der Waals surface area contributed by atoms with E-state index in [1.165, 1.54) is 3.58 Å². The molecule has 0 heterocycles. The van der Waals surface area contributed by atoms with E-state index in [4.69, 9.17) is 14.7 Å². The molecule has 0 aliphatic carbocycles. The Morgan fingerprint density at radius 3 is 1.94 bits per heavy atom. The molecule has 0 N–H and O–H groups in total. The van der Waals surface area contributed by atoms with Crippen molar-refractivity contribution in [3.63, 3.8) is 0 Å². The molecule has 0 aliphatic heterocycles. The molecule has 100 valence electrons. The van der Waals surface area contributed by atoms with Crippen LogP contribution >= 0.6 is 0 Å². The van der Waals surface area contributed by atoms with Crippen molar-refractivity contribution in [3.05, 3.63) is 17.7 Å². The molecule has 0 fully saturated rings. The van der Waals surface area contributed by atoms with Gasteiger partial charge in [0.1, 0.15) is 0 Å². The van der Waals surface area contributed by atoms with Gasteiger partial charge in [-0.25, -0.2) is 0 Å². The Morgan fingerprint density at radius 1 is 1.06 bits per heavy atom. The van der Waals surface area contributed by atoms with Gasteiger partial charge in [0.2, 0.25) is 0 Å². The van der Waals surface area contributed by atoms with Crippen LogP contribution in [0.15, 0.2) is 12.1 Å². The van der Waals surface area contributed by atoms with Crippen LogP contribution in [0.5, 0.6) is 11.5 Å². The number of nitriles is 1. The minimum absolute atomic E-state index is 0.508. The summed E-state index contributed by atoms with van der Waals surface area (Å²) in [5, 5.41) is 9.16. The number of rotatable bonds is 3. The van der Waals surface area contributed by atoms with Crippen LogP contribution in [0.4, 0.5) is 0 Å². The Morgan fingerprint density at radius 2 is 1.61 bits per heavy atom. The fourth-order valence-electron chi connectivity index (χ4n) is 1.64. The summed E-state index contributed by atoms with van der Waals surface area (Å²) in [5.41, 5.74) is 0.508. The van der Waals surface area contributed by atoms with Gasteiger partial charge in [0, 0.05) is 0 Å². The van der Waals surface area contributed by atoms with Gasteiger partial charge < -0.3 is 0 Å². The molecule has 0 saturated heterocycles. The first-order chi connectivity index (χ1) is 8.45.